The first kappa shape index (κ1) is 23.5. The Balaban J connectivity index is 1.55. The predicted octanol–water partition coefficient (Wildman–Crippen LogP) is 3.38. The van der Waals surface area contributed by atoms with E-state index in [1.165, 1.54) is 17.4 Å². The summed E-state index contributed by atoms with van der Waals surface area (Å²) in [6.45, 7) is 0.945. The fourth-order valence-corrected chi connectivity index (χ4v) is 4.95. The lowest BCUT2D eigenvalue weighted by atomic mass is 10.0. The molecule has 4 N–H and O–H groups in total. The molecule has 1 unspecified atom stereocenters. The van der Waals surface area contributed by atoms with E-state index in [0.717, 1.165) is 10.1 Å². The Morgan fingerprint density at radius 3 is 2.65 bits per heavy atom. The molecular weight excluding hydrogens is 461 g/mol. The number of nitrogens with zero attached hydrogens (tertiary/aromatic N) is 1. The Labute approximate surface area is 193 Å². The predicted molar refractivity (Wildman–Crippen MR) is 123 cm³/mol. The lowest BCUT2D eigenvalue weighted by molar-refractivity contribution is -0.141. The maximum atomic E-state index is 12.6. The molecule has 3 rings (SSSR count). The van der Waals surface area contributed by atoms with Gasteiger partial charge in [0.15, 0.2) is 0 Å². The first-order valence-electron chi connectivity index (χ1n) is 9.84. The highest BCUT2D eigenvalue weighted by molar-refractivity contribution is 7.18. The van der Waals surface area contributed by atoms with Gasteiger partial charge in [0, 0.05) is 31.8 Å². The summed E-state index contributed by atoms with van der Waals surface area (Å²) in [5.74, 6) is -2.31. The van der Waals surface area contributed by atoms with Gasteiger partial charge in [0.1, 0.15) is 0 Å². The van der Waals surface area contributed by atoms with Crippen molar-refractivity contribution in [1.82, 2.24) is 10.2 Å². The molecular formula is C21H23Cl2N3O4S. The number of rotatable bonds is 7. The Bertz CT molecular complexity index is 1020. The normalized spacial score (nSPS) is 16.0. The summed E-state index contributed by atoms with van der Waals surface area (Å²) in [5, 5.41) is 15.5. The molecule has 2 aromatic rings. The minimum absolute atomic E-state index is 0.0238. The Morgan fingerprint density at radius 2 is 2.00 bits per heavy atom. The standard InChI is InChI=1S/C21H23Cl2N3O4S/c22-18-12(9-13-5-8-31-20(13)19(18)23)1-2-16(27)26-6-3-15(4-7-26)25-21(30)14(11-24)10-17(28)29/h1-2,5,8-9,14-15H,3-4,6-7,10-11,24H2,(H,25,30)(H,28,29)/b2-1+. The topological polar surface area (TPSA) is 113 Å². The number of hydrogen-bond donors (Lipinski definition) is 3. The Hall–Kier alpha value is -2.13. The molecule has 31 heavy (non-hydrogen) atoms. The minimum atomic E-state index is -1.06. The number of likely N-dealkylation sites (tertiary alicyclic amines) is 1. The molecule has 0 spiro atoms. The molecule has 1 aliphatic rings. The summed E-state index contributed by atoms with van der Waals surface area (Å²) >= 11 is 14.2. The van der Waals surface area contributed by atoms with Crippen molar-refractivity contribution in [3.8, 4) is 0 Å². The molecule has 1 atom stereocenters. The molecule has 1 saturated heterocycles. The molecule has 0 aliphatic carbocycles. The number of carbonyl (C=O) groups is 3. The number of carbonyl (C=O) groups excluding carboxylic acids is 2. The average Bonchev–Trinajstić information content (AvgIpc) is 3.22. The number of carboxylic acids is 1. The lowest BCUT2D eigenvalue weighted by Crippen LogP contribution is -2.48. The number of nitrogens with one attached hydrogen (secondary N) is 1. The number of halogens is 2. The summed E-state index contributed by atoms with van der Waals surface area (Å²) in [6, 6.07) is 3.74. The maximum absolute atomic E-state index is 12.6. The lowest BCUT2D eigenvalue weighted by Gasteiger charge is -2.32. The highest BCUT2D eigenvalue weighted by Crippen LogP contribution is 2.37. The van der Waals surface area contributed by atoms with Crippen LogP contribution in [0, 0.1) is 5.92 Å². The van der Waals surface area contributed by atoms with Crippen LogP contribution >= 0.6 is 34.5 Å². The SMILES string of the molecule is NCC(CC(=O)O)C(=O)NC1CCN(C(=O)/C=C/c2cc3ccsc3c(Cl)c2Cl)CC1. The van der Waals surface area contributed by atoms with Crippen LogP contribution in [0.2, 0.25) is 10.0 Å². The third-order valence-corrected chi connectivity index (χ3v) is 7.23. The summed E-state index contributed by atoms with van der Waals surface area (Å²) in [7, 11) is 0. The zero-order valence-corrected chi connectivity index (χ0v) is 19.0. The van der Waals surface area contributed by atoms with Gasteiger partial charge in [0.05, 0.1) is 27.1 Å². The fraction of sp³-hybridized carbons (Fsp3) is 0.381. The van der Waals surface area contributed by atoms with Crippen LogP contribution in [0.3, 0.4) is 0 Å². The van der Waals surface area contributed by atoms with Crippen molar-refractivity contribution in [2.75, 3.05) is 19.6 Å². The highest BCUT2D eigenvalue weighted by Gasteiger charge is 2.26. The number of carboxylic acid groups (broad SMARTS) is 1. The van der Waals surface area contributed by atoms with Gasteiger partial charge in [-0.3, -0.25) is 14.4 Å². The zero-order chi connectivity index (χ0) is 22.5. The number of amides is 2. The number of aliphatic carboxylic acids is 1. The van der Waals surface area contributed by atoms with Crippen molar-refractivity contribution < 1.29 is 19.5 Å². The van der Waals surface area contributed by atoms with Crippen molar-refractivity contribution in [1.29, 1.82) is 0 Å². The van der Waals surface area contributed by atoms with Gasteiger partial charge in [-0.1, -0.05) is 23.2 Å². The number of thiophene rings is 1. The van der Waals surface area contributed by atoms with E-state index in [9.17, 15) is 14.4 Å². The first-order chi connectivity index (χ1) is 14.8. The first-order valence-corrected chi connectivity index (χ1v) is 11.5. The fourth-order valence-electron chi connectivity index (χ4n) is 3.51. The quantitative estimate of drug-likeness (QED) is 0.522. The van der Waals surface area contributed by atoms with E-state index in [0.29, 0.717) is 41.5 Å². The smallest absolute Gasteiger partial charge is 0.304 e. The van der Waals surface area contributed by atoms with Crippen LogP contribution in [0.4, 0.5) is 0 Å². The third-order valence-electron chi connectivity index (χ3n) is 5.29. The Kier molecular flexibility index (Phi) is 7.94. The van der Waals surface area contributed by atoms with E-state index in [-0.39, 0.29) is 30.8 Å². The summed E-state index contributed by atoms with van der Waals surface area (Å²) in [4.78, 5) is 37.3. The number of piperidine rings is 1. The second-order valence-electron chi connectivity index (χ2n) is 7.40. The largest absolute Gasteiger partial charge is 0.481 e. The van der Waals surface area contributed by atoms with Crippen LogP contribution in [0.5, 0.6) is 0 Å². The Morgan fingerprint density at radius 1 is 1.29 bits per heavy atom. The van der Waals surface area contributed by atoms with Gasteiger partial charge < -0.3 is 21.1 Å². The number of hydrogen-bond acceptors (Lipinski definition) is 5. The van der Waals surface area contributed by atoms with Crippen LogP contribution < -0.4 is 11.1 Å². The summed E-state index contributed by atoms with van der Waals surface area (Å²) in [5.41, 5.74) is 6.19. The van der Waals surface area contributed by atoms with Crippen molar-refractivity contribution in [2.45, 2.75) is 25.3 Å². The molecule has 10 heteroatoms. The second-order valence-corrected chi connectivity index (χ2v) is 9.08. The van der Waals surface area contributed by atoms with Gasteiger partial charge in [-0.25, -0.2) is 0 Å². The molecule has 2 heterocycles. The summed E-state index contributed by atoms with van der Waals surface area (Å²) in [6.07, 6.45) is 4.02. The molecule has 7 nitrogen and oxygen atoms in total. The van der Waals surface area contributed by atoms with Crippen LogP contribution in [0.15, 0.2) is 23.6 Å². The van der Waals surface area contributed by atoms with Crippen molar-refractivity contribution in [3.63, 3.8) is 0 Å². The molecule has 1 aliphatic heterocycles. The van der Waals surface area contributed by atoms with Gasteiger partial charge in [-0.15, -0.1) is 11.3 Å². The molecule has 1 aromatic carbocycles. The summed E-state index contributed by atoms with van der Waals surface area (Å²) < 4.78 is 0.916. The molecule has 1 fully saturated rings. The highest BCUT2D eigenvalue weighted by atomic mass is 35.5. The van der Waals surface area contributed by atoms with Crippen LogP contribution in [0.25, 0.3) is 16.2 Å². The van der Waals surface area contributed by atoms with Gasteiger partial charge in [-0.05, 0) is 47.4 Å². The van der Waals surface area contributed by atoms with E-state index in [4.69, 9.17) is 34.0 Å². The van der Waals surface area contributed by atoms with Crippen molar-refractivity contribution in [3.05, 3.63) is 39.2 Å². The van der Waals surface area contributed by atoms with E-state index < -0.39 is 11.9 Å². The third kappa shape index (κ3) is 5.77. The zero-order valence-electron chi connectivity index (χ0n) is 16.6. The van der Waals surface area contributed by atoms with E-state index >= 15 is 0 Å². The molecule has 166 valence electrons. The molecule has 2 amide bonds. The molecule has 0 radical (unpaired) electrons. The van der Waals surface area contributed by atoms with Crippen LogP contribution in [0.1, 0.15) is 24.8 Å². The van der Waals surface area contributed by atoms with Crippen molar-refractivity contribution in [2.24, 2.45) is 11.7 Å². The van der Waals surface area contributed by atoms with Gasteiger partial charge in [0.2, 0.25) is 11.8 Å². The van der Waals surface area contributed by atoms with Crippen LogP contribution in [-0.2, 0) is 14.4 Å². The molecule has 0 saturated carbocycles. The number of benzene rings is 1. The van der Waals surface area contributed by atoms with Crippen molar-refractivity contribution >= 4 is 68.5 Å². The van der Waals surface area contributed by atoms with E-state index in [1.54, 1.807) is 11.0 Å². The molecule has 0 bridgehead atoms. The van der Waals surface area contributed by atoms with Crippen LogP contribution in [-0.4, -0.2) is 53.5 Å². The maximum Gasteiger partial charge on any atom is 0.304 e. The van der Waals surface area contributed by atoms with Gasteiger partial charge in [-0.2, -0.15) is 0 Å². The molecule has 1 aromatic heterocycles. The monoisotopic (exact) mass is 483 g/mol. The van der Waals surface area contributed by atoms with Gasteiger partial charge in [0.25, 0.3) is 0 Å². The minimum Gasteiger partial charge on any atom is -0.481 e. The average molecular weight is 484 g/mol. The second kappa shape index (κ2) is 10.5. The van der Waals surface area contributed by atoms with E-state index in [1.807, 2.05) is 17.5 Å². The van der Waals surface area contributed by atoms with Gasteiger partial charge >= 0.3 is 5.97 Å². The number of nitrogens with two attached hydrogens (primary N) is 1. The van der Waals surface area contributed by atoms with E-state index in [2.05, 4.69) is 5.32 Å². The number of fused-ring (bicyclic) bond motifs is 1.